The lowest BCUT2D eigenvalue weighted by atomic mass is 9.99. The summed E-state index contributed by atoms with van der Waals surface area (Å²) in [6.07, 6.45) is 2.37. The highest BCUT2D eigenvalue weighted by Crippen LogP contribution is 2.23. The lowest BCUT2D eigenvalue weighted by molar-refractivity contribution is -0.384. The number of hydrogen-bond donors (Lipinski definition) is 0. The topological polar surface area (TPSA) is 95.7 Å². The minimum absolute atomic E-state index is 0.0713. The van der Waals surface area contributed by atoms with E-state index in [1.807, 2.05) is 12.1 Å². The van der Waals surface area contributed by atoms with Crippen LogP contribution in [-0.2, 0) is 0 Å². The fourth-order valence-electron chi connectivity index (χ4n) is 3.97. The molecule has 9 nitrogen and oxygen atoms in total. The Hall–Kier alpha value is -3.23. The molecule has 9 heteroatoms. The number of aromatic nitrogens is 2. The molecule has 0 aliphatic carbocycles. The number of piperidine rings is 1. The standard InChI is InChI=1S/C21H26N6O3/c1-16-7-9-24(10-8-16)19-5-6-20(23-22-19)25-11-13-26(14-12-25)21(28)17-3-2-4-18(15-17)27(29)30/h2-6,15-16H,7-14H2,1H3. The molecule has 0 bridgehead atoms. The molecule has 0 radical (unpaired) electrons. The lowest BCUT2D eigenvalue weighted by Crippen LogP contribution is -2.49. The SMILES string of the molecule is CC1CCN(c2ccc(N3CCN(C(=O)c4cccc([N+](=O)[O-])c4)CC3)nn2)CC1. The molecule has 1 aromatic carbocycles. The van der Waals surface area contributed by atoms with Crippen LogP contribution in [0.15, 0.2) is 36.4 Å². The number of amides is 1. The summed E-state index contributed by atoms with van der Waals surface area (Å²) >= 11 is 0. The van der Waals surface area contributed by atoms with Gasteiger partial charge in [-0.25, -0.2) is 0 Å². The van der Waals surface area contributed by atoms with Crippen LogP contribution in [0, 0.1) is 16.0 Å². The van der Waals surface area contributed by atoms with Gasteiger partial charge in [-0.05, 0) is 37.0 Å². The van der Waals surface area contributed by atoms with Gasteiger partial charge in [-0.1, -0.05) is 13.0 Å². The molecule has 2 fully saturated rings. The molecule has 2 saturated heterocycles. The number of benzene rings is 1. The molecule has 0 saturated carbocycles. The van der Waals surface area contributed by atoms with E-state index in [0.29, 0.717) is 31.7 Å². The highest BCUT2D eigenvalue weighted by atomic mass is 16.6. The second kappa shape index (κ2) is 8.64. The molecule has 3 heterocycles. The average Bonchev–Trinajstić information content (AvgIpc) is 2.79. The Morgan fingerprint density at radius 1 is 0.967 bits per heavy atom. The highest BCUT2D eigenvalue weighted by Gasteiger charge is 2.24. The van der Waals surface area contributed by atoms with Gasteiger partial charge in [0.15, 0.2) is 11.6 Å². The van der Waals surface area contributed by atoms with Crippen molar-refractivity contribution in [1.29, 1.82) is 0 Å². The van der Waals surface area contributed by atoms with Crippen LogP contribution in [0.3, 0.4) is 0 Å². The van der Waals surface area contributed by atoms with Crippen LogP contribution in [-0.4, -0.2) is 65.2 Å². The fraction of sp³-hybridized carbons (Fsp3) is 0.476. The molecule has 1 aromatic heterocycles. The minimum Gasteiger partial charge on any atom is -0.355 e. The van der Waals surface area contributed by atoms with Crippen LogP contribution < -0.4 is 9.80 Å². The van der Waals surface area contributed by atoms with Gasteiger partial charge in [0.1, 0.15) is 0 Å². The number of carbonyl (C=O) groups is 1. The maximum atomic E-state index is 12.7. The fourth-order valence-corrected chi connectivity index (χ4v) is 3.97. The smallest absolute Gasteiger partial charge is 0.270 e. The maximum absolute atomic E-state index is 12.7. The molecule has 0 atom stereocenters. The van der Waals surface area contributed by atoms with Crippen molar-refractivity contribution in [3.63, 3.8) is 0 Å². The predicted octanol–water partition coefficient (Wildman–Crippen LogP) is 2.58. The van der Waals surface area contributed by atoms with Crippen LogP contribution in [0.5, 0.6) is 0 Å². The predicted molar refractivity (Wildman–Crippen MR) is 114 cm³/mol. The van der Waals surface area contributed by atoms with Gasteiger partial charge in [0.2, 0.25) is 0 Å². The molecular weight excluding hydrogens is 384 g/mol. The first kappa shape index (κ1) is 20.1. The van der Waals surface area contributed by atoms with Crippen LogP contribution in [0.2, 0.25) is 0 Å². The molecule has 0 spiro atoms. The van der Waals surface area contributed by atoms with Crippen molar-refractivity contribution in [2.45, 2.75) is 19.8 Å². The number of nitro groups is 1. The Morgan fingerprint density at radius 3 is 2.13 bits per heavy atom. The van der Waals surface area contributed by atoms with Crippen LogP contribution in [0.25, 0.3) is 0 Å². The van der Waals surface area contributed by atoms with E-state index in [-0.39, 0.29) is 11.6 Å². The van der Waals surface area contributed by atoms with Crippen molar-refractivity contribution >= 4 is 23.2 Å². The Kier molecular flexibility index (Phi) is 5.78. The zero-order valence-electron chi connectivity index (χ0n) is 17.1. The number of non-ortho nitro benzene ring substituents is 1. The quantitative estimate of drug-likeness (QED) is 0.565. The van der Waals surface area contributed by atoms with Crippen molar-refractivity contribution in [2.24, 2.45) is 5.92 Å². The number of hydrogen-bond acceptors (Lipinski definition) is 7. The zero-order chi connectivity index (χ0) is 21.1. The van der Waals surface area contributed by atoms with Crippen molar-refractivity contribution < 1.29 is 9.72 Å². The van der Waals surface area contributed by atoms with Gasteiger partial charge in [0, 0.05) is 57.0 Å². The average molecular weight is 410 g/mol. The van der Waals surface area contributed by atoms with Crippen LogP contribution in [0.1, 0.15) is 30.1 Å². The number of nitro benzene ring substituents is 1. The Labute approximate surface area is 175 Å². The normalized spacial score (nSPS) is 17.8. The van der Waals surface area contributed by atoms with Crippen LogP contribution >= 0.6 is 0 Å². The number of carbonyl (C=O) groups excluding carboxylic acids is 1. The summed E-state index contributed by atoms with van der Waals surface area (Å²) in [5.41, 5.74) is 0.274. The summed E-state index contributed by atoms with van der Waals surface area (Å²) in [5.74, 6) is 2.32. The monoisotopic (exact) mass is 410 g/mol. The molecule has 0 unspecified atom stereocenters. The zero-order valence-corrected chi connectivity index (χ0v) is 17.1. The first-order chi connectivity index (χ1) is 14.5. The number of nitrogens with zero attached hydrogens (tertiary/aromatic N) is 6. The largest absolute Gasteiger partial charge is 0.355 e. The van der Waals surface area contributed by atoms with Gasteiger partial charge >= 0.3 is 0 Å². The number of piperazine rings is 1. The summed E-state index contributed by atoms with van der Waals surface area (Å²) in [5, 5.41) is 19.8. The van der Waals surface area contributed by atoms with E-state index in [4.69, 9.17) is 0 Å². The van der Waals surface area contributed by atoms with E-state index < -0.39 is 4.92 Å². The number of rotatable bonds is 4. The molecule has 2 aliphatic heterocycles. The Morgan fingerprint density at radius 2 is 1.57 bits per heavy atom. The summed E-state index contributed by atoms with van der Waals surface area (Å²) in [6, 6.07) is 9.91. The molecule has 0 N–H and O–H groups in total. The van der Waals surface area contributed by atoms with Crippen LogP contribution in [0.4, 0.5) is 17.3 Å². The van der Waals surface area contributed by atoms with Gasteiger partial charge in [-0.3, -0.25) is 14.9 Å². The van der Waals surface area contributed by atoms with Crippen molar-refractivity contribution in [3.05, 3.63) is 52.1 Å². The summed E-state index contributed by atoms with van der Waals surface area (Å²) in [4.78, 5) is 29.3. The lowest BCUT2D eigenvalue weighted by Gasteiger charge is -2.35. The molecule has 1 amide bonds. The van der Waals surface area contributed by atoms with Gasteiger partial charge in [-0.15, -0.1) is 10.2 Å². The minimum atomic E-state index is -0.485. The molecule has 158 valence electrons. The third-order valence-corrected chi connectivity index (χ3v) is 5.94. The molecule has 30 heavy (non-hydrogen) atoms. The van der Waals surface area contributed by atoms with E-state index in [0.717, 1.165) is 30.6 Å². The molecule has 4 rings (SSSR count). The number of anilines is 2. The van der Waals surface area contributed by atoms with Gasteiger partial charge in [0.05, 0.1) is 4.92 Å². The Balaban J connectivity index is 1.34. The first-order valence-corrected chi connectivity index (χ1v) is 10.4. The van der Waals surface area contributed by atoms with Gasteiger partial charge in [0.25, 0.3) is 11.6 Å². The van der Waals surface area contributed by atoms with Gasteiger partial charge in [-0.2, -0.15) is 0 Å². The van der Waals surface area contributed by atoms with Crippen molar-refractivity contribution in [2.75, 3.05) is 49.1 Å². The molecular formula is C21H26N6O3. The van der Waals surface area contributed by atoms with E-state index in [9.17, 15) is 14.9 Å². The summed E-state index contributed by atoms with van der Waals surface area (Å²) < 4.78 is 0. The van der Waals surface area contributed by atoms with E-state index in [2.05, 4.69) is 26.9 Å². The van der Waals surface area contributed by atoms with Crippen molar-refractivity contribution in [1.82, 2.24) is 15.1 Å². The second-order valence-corrected chi connectivity index (χ2v) is 8.01. The van der Waals surface area contributed by atoms with E-state index >= 15 is 0 Å². The summed E-state index contributed by atoms with van der Waals surface area (Å²) in [7, 11) is 0. The second-order valence-electron chi connectivity index (χ2n) is 8.01. The first-order valence-electron chi connectivity index (χ1n) is 10.4. The van der Waals surface area contributed by atoms with Gasteiger partial charge < -0.3 is 14.7 Å². The molecule has 2 aliphatic rings. The van der Waals surface area contributed by atoms with E-state index in [1.54, 1.807) is 17.0 Å². The third kappa shape index (κ3) is 4.34. The molecule has 2 aromatic rings. The van der Waals surface area contributed by atoms with E-state index in [1.165, 1.54) is 25.0 Å². The summed E-state index contributed by atoms with van der Waals surface area (Å²) in [6.45, 7) is 6.70. The third-order valence-electron chi connectivity index (χ3n) is 5.94. The Bertz CT molecular complexity index is 903. The maximum Gasteiger partial charge on any atom is 0.270 e. The van der Waals surface area contributed by atoms with Crippen molar-refractivity contribution in [3.8, 4) is 0 Å². The highest BCUT2D eigenvalue weighted by molar-refractivity contribution is 5.95.